The molecule has 1 heterocycles. The van der Waals surface area contributed by atoms with E-state index in [1.807, 2.05) is 11.0 Å². The Morgan fingerprint density at radius 3 is 2.85 bits per heavy atom. The van der Waals surface area contributed by atoms with Gasteiger partial charge in [-0.25, -0.2) is 0 Å². The second kappa shape index (κ2) is 5.96. The van der Waals surface area contributed by atoms with Gasteiger partial charge in [0.25, 0.3) is 0 Å². The number of nitrogens with zero attached hydrogens (tertiary/aromatic N) is 1. The van der Waals surface area contributed by atoms with Gasteiger partial charge in [-0.15, -0.1) is 0 Å². The second-order valence-corrected chi connectivity index (χ2v) is 6.01. The van der Waals surface area contributed by atoms with Crippen LogP contribution in [-0.4, -0.2) is 30.4 Å². The van der Waals surface area contributed by atoms with Gasteiger partial charge in [0.1, 0.15) is 6.04 Å². The van der Waals surface area contributed by atoms with Gasteiger partial charge in [0.2, 0.25) is 5.91 Å². The quantitative estimate of drug-likeness (QED) is 0.913. The minimum absolute atomic E-state index is 0.139. The van der Waals surface area contributed by atoms with Crippen LogP contribution in [0.4, 0.5) is 0 Å². The Labute approximate surface area is 121 Å². The van der Waals surface area contributed by atoms with Crippen molar-refractivity contribution in [3.8, 4) is 0 Å². The summed E-state index contributed by atoms with van der Waals surface area (Å²) in [5.41, 5.74) is 2.50. The van der Waals surface area contributed by atoms with Crippen molar-refractivity contribution in [2.45, 2.75) is 38.6 Å². The molecule has 1 unspecified atom stereocenters. The molecule has 0 saturated heterocycles. The van der Waals surface area contributed by atoms with Gasteiger partial charge in [0.05, 0.1) is 0 Å². The van der Waals surface area contributed by atoms with Gasteiger partial charge in [-0.2, -0.15) is 0 Å². The molecule has 0 bridgehead atoms. The van der Waals surface area contributed by atoms with Crippen molar-refractivity contribution >= 4 is 5.91 Å². The smallest absolute Gasteiger partial charge is 0.244 e. The van der Waals surface area contributed by atoms with Gasteiger partial charge in [0, 0.05) is 19.6 Å². The van der Waals surface area contributed by atoms with Crippen molar-refractivity contribution in [2.75, 3.05) is 19.6 Å². The molecule has 3 nitrogen and oxygen atoms in total. The van der Waals surface area contributed by atoms with Crippen LogP contribution in [-0.2, 0) is 11.2 Å². The predicted molar refractivity (Wildman–Crippen MR) is 80.5 cm³/mol. The summed E-state index contributed by atoms with van der Waals surface area (Å²) in [6.07, 6.45) is 4.94. The van der Waals surface area contributed by atoms with E-state index >= 15 is 0 Å². The van der Waals surface area contributed by atoms with Crippen molar-refractivity contribution in [2.24, 2.45) is 5.92 Å². The first kappa shape index (κ1) is 13.6. The van der Waals surface area contributed by atoms with Gasteiger partial charge in [-0.05, 0) is 43.2 Å². The van der Waals surface area contributed by atoms with Crippen molar-refractivity contribution in [1.29, 1.82) is 0 Å². The van der Waals surface area contributed by atoms with Crippen LogP contribution < -0.4 is 5.32 Å². The summed E-state index contributed by atoms with van der Waals surface area (Å²) in [7, 11) is 0. The fourth-order valence-electron chi connectivity index (χ4n) is 3.27. The Hall–Kier alpha value is -1.35. The average Bonchev–Trinajstić information content (AvgIpc) is 2.45. The van der Waals surface area contributed by atoms with Crippen molar-refractivity contribution < 1.29 is 4.79 Å². The lowest BCUT2D eigenvalue weighted by Crippen LogP contribution is -2.46. The normalized spacial score (nSPS) is 21.9. The molecule has 1 aliphatic heterocycles. The molecule has 108 valence electrons. The first-order chi connectivity index (χ1) is 9.79. The molecule has 1 atom stereocenters. The molecule has 1 aromatic carbocycles. The van der Waals surface area contributed by atoms with Crippen LogP contribution in [0.15, 0.2) is 24.3 Å². The average molecular weight is 272 g/mol. The van der Waals surface area contributed by atoms with Gasteiger partial charge in [0.15, 0.2) is 0 Å². The van der Waals surface area contributed by atoms with Crippen LogP contribution >= 0.6 is 0 Å². The lowest BCUT2D eigenvalue weighted by atomic mass is 9.84. The molecular formula is C17H24N2O. The molecular weight excluding hydrogens is 248 g/mol. The predicted octanol–water partition coefficient (Wildman–Crippen LogP) is 2.52. The van der Waals surface area contributed by atoms with Crippen LogP contribution in [0.1, 0.15) is 43.4 Å². The molecule has 0 spiro atoms. The van der Waals surface area contributed by atoms with E-state index in [0.29, 0.717) is 0 Å². The Morgan fingerprint density at radius 2 is 2.15 bits per heavy atom. The second-order valence-electron chi connectivity index (χ2n) is 6.01. The molecule has 0 radical (unpaired) electrons. The molecule has 1 amide bonds. The van der Waals surface area contributed by atoms with E-state index in [0.717, 1.165) is 32.0 Å². The highest BCUT2D eigenvalue weighted by atomic mass is 16.2. The number of hydrogen-bond acceptors (Lipinski definition) is 2. The number of amides is 1. The number of rotatable bonds is 4. The van der Waals surface area contributed by atoms with Gasteiger partial charge < -0.3 is 10.2 Å². The summed E-state index contributed by atoms with van der Waals surface area (Å²) >= 11 is 0. The van der Waals surface area contributed by atoms with E-state index in [4.69, 9.17) is 0 Å². The summed E-state index contributed by atoms with van der Waals surface area (Å²) in [6, 6.07) is 8.21. The molecule has 3 heteroatoms. The largest absolute Gasteiger partial charge is 0.341 e. The van der Waals surface area contributed by atoms with Crippen molar-refractivity contribution in [1.82, 2.24) is 10.2 Å². The first-order valence-electron chi connectivity index (χ1n) is 7.89. The van der Waals surface area contributed by atoms with Gasteiger partial charge in [-0.1, -0.05) is 30.7 Å². The summed E-state index contributed by atoms with van der Waals surface area (Å²) in [5, 5.41) is 3.41. The number of likely N-dealkylation sites (N-methyl/N-ethyl adjacent to an activating group) is 1. The first-order valence-corrected chi connectivity index (χ1v) is 7.89. The summed E-state index contributed by atoms with van der Waals surface area (Å²) in [5.74, 6) is 0.990. The highest BCUT2D eigenvalue weighted by Gasteiger charge is 2.31. The zero-order valence-corrected chi connectivity index (χ0v) is 12.3. The van der Waals surface area contributed by atoms with E-state index in [2.05, 4.69) is 30.4 Å². The molecule has 1 aromatic rings. The van der Waals surface area contributed by atoms with Crippen molar-refractivity contribution in [3.05, 3.63) is 35.4 Å². The maximum absolute atomic E-state index is 12.8. The monoisotopic (exact) mass is 272 g/mol. The molecule has 3 rings (SSSR count). The lowest BCUT2D eigenvalue weighted by Gasteiger charge is -2.35. The maximum Gasteiger partial charge on any atom is 0.244 e. The van der Waals surface area contributed by atoms with E-state index < -0.39 is 0 Å². The van der Waals surface area contributed by atoms with Crippen LogP contribution in [0.2, 0.25) is 0 Å². The summed E-state index contributed by atoms with van der Waals surface area (Å²) in [6.45, 7) is 4.74. The third-order valence-corrected chi connectivity index (χ3v) is 4.75. The zero-order chi connectivity index (χ0) is 13.9. The van der Waals surface area contributed by atoms with Crippen LogP contribution in [0.3, 0.4) is 0 Å². The van der Waals surface area contributed by atoms with E-state index in [1.54, 1.807) is 0 Å². The Morgan fingerprint density at radius 1 is 1.35 bits per heavy atom. The molecule has 1 saturated carbocycles. The zero-order valence-electron chi connectivity index (χ0n) is 12.3. The fourth-order valence-corrected chi connectivity index (χ4v) is 3.27. The van der Waals surface area contributed by atoms with Crippen LogP contribution in [0.5, 0.6) is 0 Å². The minimum atomic E-state index is -0.139. The topological polar surface area (TPSA) is 32.3 Å². The molecule has 1 fully saturated rings. The number of hydrogen-bond donors (Lipinski definition) is 1. The van der Waals surface area contributed by atoms with Crippen LogP contribution in [0.25, 0.3) is 0 Å². The Bertz CT molecular complexity index is 482. The molecule has 2 aliphatic rings. The summed E-state index contributed by atoms with van der Waals surface area (Å²) < 4.78 is 0. The van der Waals surface area contributed by atoms with E-state index in [-0.39, 0.29) is 11.9 Å². The molecule has 1 aliphatic carbocycles. The Kier molecular flexibility index (Phi) is 4.06. The molecule has 20 heavy (non-hydrogen) atoms. The third-order valence-electron chi connectivity index (χ3n) is 4.75. The van der Waals surface area contributed by atoms with E-state index in [9.17, 15) is 4.79 Å². The van der Waals surface area contributed by atoms with Crippen LogP contribution in [0, 0.1) is 5.92 Å². The number of fused-ring (bicyclic) bond motifs is 1. The number of benzene rings is 1. The lowest BCUT2D eigenvalue weighted by molar-refractivity contribution is -0.134. The van der Waals surface area contributed by atoms with Crippen molar-refractivity contribution in [3.63, 3.8) is 0 Å². The number of nitrogens with one attached hydrogen (secondary N) is 1. The molecule has 1 N–H and O–H groups in total. The highest BCUT2D eigenvalue weighted by Crippen LogP contribution is 2.29. The standard InChI is InChI=1S/C17H24N2O/c1-2-19(12-13-6-5-7-13)17(20)16-15-9-4-3-8-14(15)10-11-18-16/h3-4,8-9,13,16,18H,2,5-7,10-12H2,1H3. The van der Waals surface area contributed by atoms with Gasteiger partial charge in [-0.3, -0.25) is 4.79 Å². The van der Waals surface area contributed by atoms with E-state index in [1.165, 1.54) is 30.4 Å². The van der Waals surface area contributed by atoms with Gasteiger partial charge >= 0.3 is 0 Å². The molecule has 0 aromatic heterocycles. The maximum atomic E-state index is 12.8. The third kappa shape index (κ3) is 2.59. The number of carbonyl (C=O) groups is 1. The minimum Gasteiger partial charge on any atom is -0.341 e. The fraction of sp³-hybridized carbons (Fsp3) is 0.588. The SMILES string of the molecule is CCN(CC1CCC1)C(=O)C1NCCc2ccccc21. The highest BCUT2D eigenvalue weighted by molar-refractivity contribution is 5.84. The Balaban J connectivity index is 1.75. The summed E-state index contributed by atoms with van der Waals surface area (Å²) in [4.78, 5) is 14.9. The number of carbonyl (C=O) groups excluding carboxylic acids is 1.